The van der Waals surface area contributed by atoms with E-state index in [0.29, 0.717) is 50.5 Å². The van der Waals surface area contributed by atoms with Gasteiger partial charge in [-0.15, -0.1) is 0 Å². The first-order valence-corrected chi connectivity index (χ1v) is 20.6. The molecule has 3 aliphatic heterocycles. The molecule has 56 heavy (non-hydrogen) atoms. The van der Waals surface area contributed by atoms with E-state index in [1.54, 1.807) is 27.7 Å². The number of Topliss-reactive ketones (excluding diaryl/α,β-unsaturated/α-hetero) is 3. The van der Waals surface area contributed by atoms with E-state index in [4.69, 9.17) is 18.9 Å². The van der Waals surface area contributed by atoms with Gasteiger partial charge in [0.15, 0.2) is 0 Å². The molecule has 0 spiro atoms. The second kappa shape index (κ2) is 19.8. The number of carbonyl (C=O) groups is 5. The lowest BCUT2D eigenvalue weighted by molar-refractivity contribution is -0.302. The molecule has 1 amide bonds. The third kappa shape index (κ3) is 10.6. The first-order valence-electron chi connectivity index (χ1n) is 20.6. The second-order valence-electron chi connectivity index (χ2n) is 17.4. The molecule has 14 atom stereocenters. The maximum Gasteiger partial charge on any atom is 0.329 e. The van der Waals surface area contributed by atoms with Crippen LogP contribution in [0.5, 0.6) is 0 Å². The number of cyclic esters (lactones) is 1. The highest BCUT2D eigenvalue weighted by Gasteiger charge is 2.56. The van der Waals surface area contributed by atoms with E-state index in [9.17, 15) is 39.3 Å². The molecule has 0 aromatic carbocycles. The van der Waals surface area contributed by atoms with Crippen molar-refractivity contribution in [3.8, 4) is 0 Å². The lowest BCUT2D eigenvalue weighted by atomic mass is 9.76. The standard InChI is InChI=1S/C43H67NO12/c1-23-16-24(2)18-36(53-8)39-37(54-9)20-27(5)43(52,56-39)40(49)41(50)44-15-11-10-12-32(44)42(51)55-38(28(6)35(48)22-34(47)25(3)17-23)26(4)19-30-13-14-33(46)31(21-30)29(7)45/h17,19,24-25,27-28,30-33,35-39,46,48,52H,10-16,18,20-22H2,1-9H3/b23-17+,26-19+. The Morgan fingerprint density at radius 1 is 0.911 bits per heavy atom. The molecule has 1 saturated carbocycles. The Morgan fingerprint density at radius 2 is 1.57 bits per heavy atom. The topological polar surface area (TPSA) is 186 Å². The summed E-state index contributed by atoms with van der Waals surface area (Å²) in [6.07, 6.45) is 2.65. The van der Waals surface area contributed by atoms with E-state index >= 15 is 0 Å². The van der Waals surface area contributed by atoms with Gasteiger partial charge in [-0.05, 0) is 96.0 Å². The van der Waals surface area contributed by atoms with Crippen LogP contribution in [0.15, 0.2) is 23.3 Å². The highest BCUT2D eigenvalue weighted by atomic mass is 16.7. The van der Waals surface area contributed by atoms with Crippen molar-refractivity contribution >= 4 is 29.2 Å². The summed E-state index contributed by atoms with van der Waals surface area (Å²) in [5, 5.41) is 34.0. The van der Waals surface area contributed by atoms with Crippen LogP contribution in [0.4, 0.5) is 0 Å². The average molecular weight is 790 g/mol. The molecule has 316 valence electrons. The van der Waals surface area contributed by atoms with E-state index in [-0.39, 0.29) is 49.2 Å². The van der Waals surface area contributed by atoms with Gasteiger partial charge in [0.2, 0.25) is 5.79 Å². The number of esters is 1. The SMILES string of the molecule is COC1CC(C)C/C(C)=C/C(C)C(=O)CC(O)C(C)C(/C(C)=C/C2CCC(O)C(C(C)=O)C2)OC(=O)C2CCCCN2C(=O)C(=O)C2(O)OC1C(OC)CC2C. The van der Waals surface area contributed by atoms with Crippen molar-refractivity contribution in [3.05, 3.63) is 23.3 Å². The van der Waals surface area contributed by atoms with Crippen molar-refractivity contribution in [2.24, 2.45) is 35.5 Å². The van der Waals surface area contributed by atoms with Gasteiger partial charge < -0.3 is 39.2 Å². The van der Waals surface area contributed by atoms with Gasteiger partial charge in [-0.2, -0.15) is 0 Å². The van der Waals surface area contributed by atoms with Crippen molar-refractivity contribution < 1.29 is 58.2 Å². The summed E-state index contributed by atoms with van der Waals surface area (Å²) in [5.41, 5.74) is 1.57. The molecule has 4 aliphatic rings. The zero-order valence-electron chi connectivity index (χ0n) is 34.9. The summed E-state index contributed by atoms with van der Waals surface area (Å²) in [6, 6.07) is -1.16. The second-order valence-corrected chi connectivity index (χ2v) is 17.4. The summed E-state index contributed by atoms with van der Waals surface area (Å²) in [7, 11) is 3.04. The molecular weight excluding hydrogens is 722 g/mol. The number of fused-ring (bicyclic) bond motifs is 3. The molecule has 1 aliphatic carbocycles. The summed E-state index contributed by atoms with van der Waals surface area (Å²) in [6.45, 7) is 12.4. The molecule has 14 unspecified atom stereocenters. The maximum atomic E-state index is 14.2. The number of amides is 1. The number of rotatable bonds is 5. The molecule has 13 nitrogen and oxygen atoms in total. The average Bonchev–Trinajstić information content (AvgIpc) is 3.15. The van der Waals surface area contributed by atoms with Gasteiger partial charge in [0.25, 0.3) is 11.7 Å². The van der Waals surface area contributed by atoms with E-state index in [1.807, 2.05) is 26.0 Å². The predicted octanol–water partition coefficient (Wildman–Crippen LogP) is 4.27. The zero-order valence-corrected chi connectivity index (χ0v) is 34.9. The Balaban J connectivity index is 1.75. The summed E-state index contributed by atoms with van der Waals surface area (Å²) in [4.78, 5) is 69.6. The van der Waals surface area contributed by atoms with Crippen LogP contribution in [0.3, 0.4) is 0 Å². The fraction of sp³-hybridized carbons (Fsp3) is 0.791. The lowest BCUT2D eigenvalue weighted by Gasteiger charge is -2.47. The molecule has 0 aromatic rings. The van der Waals surface area contributed by atoms with E-state index in [0.717, 1.165) is 10.5 Å². The molecule has 3 heterocycles. The normalized spacial score (nSPS) is 41.5. The van der Waals surface area contributed by atoms with E-state index in [2.05, 4.69) is 0 Å². The number of piperidine rings is 1. The molecular formula is C43H67NO12. The zero-order chi connectivity index (χ0) is 41.6. The number of carbonyl (C=O) groups excluding carboxylic acids is 5. The highest BCUT2D eigenvalue weighted by molar-refractivity contribution is 6.39. The quantitative estimate of drug-likeness (QED) is 0.204. The largest absolute Gasteiger partial charge is 0.456 e. The summed E-state index contributed by atoms with van der Waals surface area (Å²) in [5.74, 6) is -8.51. The van der Waals surface area contributed by atoms with Gasteiger partial charge in [-0.1, -0.05) is 45.4 Å². The number of ether oxygens (including phenoxy) is 4. The minimum Gasteiger partial charge on any atom is -0.456 e. The van der Waals surface area contributed by atoms with Gasteiger partial charge in [-0.25, -0.2) is 4.79 Å². The van der Waals surface area contributed by atoms with Crippen LogP contribution in [0, 0.1) is 35.5 Å². The third-order valence-corrected chi connectivity index (χ3v) is 12.9. The number of allylic oxidation sites excluding steroid dienone is 3. The van der Waals surface area contributed by atoms with Gasteiger partial charge in [0.05, 0.1) is 24.4 Å². The summed E-state index contributed by atoms with van der Waals surface area (Å²) < 4.78 is 24.1. The fourth-order valence-electron chi connectivity index (χ4n) is 9.39. The maximum absolute atomic E-state index is 14.2. The van der Waals surface area contributed by atoms with Crippen molar-refractivity contribution in [2.45, 2.75) is 161 Å². The number of nitrogens with zero attached hydrogens (tertiary/aromatic N) is 1. The molecule has 2 bridgehead atoms. The number of methoxy groups -OCH3 is 2. The lowest BCUT2D eigenvalue weighted by Crippen LogP contribution is -2.64. The van der Waals surface area contributed by atoms with Crippen LogP contribution >= 0.6 is 0 Å². The molecule has 2 saturated heterocycles. The Morgan fingerprint density at radius 3 is 2.21 bits per heavy atom. The van der Waals surface area contributed by atoms with Crippen molar-refractivity contribution in [2.75, 3.05) is 20.8 Å². The van der Waals surface area contributed by atoms with Gasteiger partial charge in [0, 0.05) is 50.9 Å². The van der Waals surface area contributed by atoms with Crippen LogP contribution in [0.2, 0.25) is 0 Å². The van der Waals surface area contributed by atoms with Gasteiger partial charge >= 0.3 is 5.97 Å². The highest BCUT2D eigenvalue weighted by Crippen LogP contribution is 2.39. The first-order chi connectivity index (χ1) is 26.3. The summed E-state index contributed by atoms with van der Waals surface area (Å²) >= 11 is 0. The molecule has 0 radical (unpaired) electrons. The molecule has 4 rings (SSSR count). The molecule has 13 heteroatoms. The fourth-order valence-corrected chi connectivity index (χ4v) is 9.39. The Hall–Kier alpha value is -2.81. The van der Waals surface area contributed by atoms with Crippen LogP contribution in [0.25, 0.3) is 0 Å². The Kier molecular flexibility index (Phi) is 16.2. The Labute approximate surface area is 332 Å². The smallest absolute Gasteiger partial charge is 0.329 e. The predicted molar refractivity (Wildman–Crippen MR) is 207 cm³/mol. The van der Waals surface area contributed by atoms with Crippen molar-refractivity contribution in [1.82, 2.24) is 4.90 Å². The van der Waals surface area contributed by atoms with Crippen molar-refractivity contribution in [3.63, 3.8) is 0 Å². The van der Waals surface area contributed by atoms with Crippen molar-refractivity contribution in [1.29, 1.82) is 0 Å². The van der Waals surface area contributed by atoms with Gasteiger partial charge in [0.1, 0.15) is 29.8 Å². The van der Waals surface area contributed by atoms with Crippen LogP contribution in [0.1, 0.15) is 113 Å². The number of aliphatic hydroxyl groups excluding tert-OH is 2. The van der Waals surface area contributed by atoms with Crippen LogP contribution in [-0.4, -0.2) is 119 Å². The van der Waals surface area contributed by atoms with E-state index < -0.39 is 89.8 Å². The number of hydrogen-bond acceptors (Lipinski definition) is 12. The minimum absolute atomic E-state index is 0.0232. The molecule has 0 aromatic heterocycles. The van der Waals surface area contributed by atoms with Crippen LogP contribution in [-0.2, 0) is 42.9 Å². The third-order valence-electron chi connectivity index (χ3n) is 12.9. The number of ketones is 3. The number of hydrogen-bond donors (Lipinski definition) is 3. The van der Waals surface area contributed by atoms with Gasteiger partial charge in [-0.3, -0.25) is 19.2 Å². The first kappa shape index (κ1) is 45.9. The molecule has 3 fully saturated rings. The Bertz CT molecular complexity index is 1490. The van der Waals surface area contributed by atoms with E-state index in [1.165, 1.54) is 21.1 Å². The van der Waals surface area contributed by atoms with Crippen LogP contribution < -0.4 is 0 Å². The molecule has 3 N–H and O–H groups in total. The number of aliphatic hydroxyl groups is 3. The minimum atomic E-state index is -2.52. The monoisotopic (exact) mass is 789 g/mol.